The Morgan fingerprint density at radius 3 is 2.79 bits per heavy atom. The van der Waals surface area contributed by atoms with Gasteiger partial charge in [0.1, 0.15) is 6.10 Å². The molecule has 4 heteroatoms. The summed E-state index contributed by atoms with van der Waals surface area (Å²) in [5.74, 6) is 0. The predicted molar refractivity (Wildman–Crippen MR) is 60.3 cm³/mol. The largest absolute Gasteiger partial charge is 0.383 e. The third kappa shape index (κ3) is 1.87. The number of halogens is 1. The lowest BCUT2D eigenvalue weighted by molar-refractivity contribution is 0.223. The lowest BCUT2D eigenvalue weighted by Crippen LogP contribution is -1.97. The molecule has 72 valence electrons. The van der Waals surface area contributed by atoms with Gasteiger partial charge in [-0.05, 0) is 11.6 Å². The summed E-state index contributed by atoms with van der Waals surface area (Å²) >= 11 is 4.86. The highest BCUT2D eigenvalue weighted by Crippen LogP contribution is 2.29. The van der Waals surface area contributed by atoms with Gasteiger partial charge in [0.2, 0.25) is 0 Å². The molecule has 0 amide bonds. The molecule has 0 aliphatic heterocycles. The number of benzene rings is 1. The van der Waals surface area contributed by atoms with E-state index < -0.39 is 6.10 Å². The molecule has 1 aromatic heterocycles. The zero-order valence-electron chi connectivity index (χ0n) is 7.22. The molecule has 0 aliphatic rings. The zero-order valence-corrected chi connectivity index (χ0v) is 9.62. The van der Waals surface area contributed by atoms with Crippen LogP contribution in [0.4, 0.5) is 0 Å². The van der Waals surface area contributed by atoms with Crippen LogP contribution in [0.2, 0.25) is 0 Å². The van der Waals surface area contributed by atoms with E-state index in [-0.39, 0.29) is 0 Å². The van der Waals surface area contributed by atoms with Gasteiger partial charge < -0.3 is 5.11 Å². The van der Waals surface area contributed by atoms with Crippen molar-refractivity contribution in [2.45, 2.75) is 6.10 Å². The Bertz CT molecular complexity index is 416. The second kappa shape index (κ2) is 4.21. The van der Waals surface area contributed by atoms with Crippen molar-refractivity contribution >= 4 is 27.3 Å². The van der Waals surface area contributed by atoms with Gasteiger partial charge in [-0.1, -0.05) is 34.1 Å². The molecule has 0 aliphatic carbocycles. The van der Waals surface area contributed by atoms with Crippen molar-refractivity contribution in [3.05, 3.63) is 50.9 Å². The number of hydrogen-bond donors (Lipinski definition) is 1. The maximum Gasteiger partial charge on any atom is 0.116 e. The van der Waals surface area contributed by atoms with Crippen molar-refractivity contribution < 1.29 is 5.11 Å². The smallest absolute Gasteiger partial charge is 0.116 e. The van der Waals surface area contributed by atoms with Gasteiger partial charge in [-0.3, -0.25) is 4.98 Å². The third-order valence-electron chi connectivity index (χ3n) is 1.92. The molecule has 2 aromatic rings. The van der Waals surface area contributed by atoms with Crippen LogP contribution >= 0.6 is 27.3 Å². The molecule has 1 atom stereocenters. The van der Waals surface area contributed by atoms with Crippen LogP contribution in [-0.2, 0) is 0 Å². The molecule has 1 N–H and O–H groups in total. The molecular weight excluding hydrogens is 262 g/mol. The number of aromatic nitrogens is 1. The van der Waals surface area contributed by atoms with Gasteiger partial charge in [-0.2, -0.15) is 0 Å². The maximum absolute atomic E-state index is 10.0. The van der Waals surface area contributed by atoms with Gasteiger partial charge in [-0.15, -0.1) is 11.3 Å². The van der Waals surface area contributed by atoms with E-state index in [0.29, 0.717) is 0 Å². The highest BCUT2D eigenvalue weighted by Gasteiger charge is 2.13. The first-order valence-electron chi connectivity index (χ1n) is 4.10. The Labute approximate surface area is 94.4 Å². The normalized spacial score (nSPS) is 12.7. The Morgan fingerprint density at radius 2 is 2.14 bits per heavy atom. The van der Waals surface area contributed by atoms with Crippen molar-refractivity contribution in [2.24, 2.45) is 0 Å². The monoisotopic (exact) mass is 269 g/mol. The van der Waals surface area contributed by atoms with E-state index in [1.807, 2.05) is 24.3 Å². The summed E-state index contributed by atoms with van der Waals surface area (Å²) in [6.45, 7) is 0. The maximum atomic E-state index is 10.0. The molecule has 0 saturated heterocycles. The first-order chi connectivity index (χ1) is 6.79. The van der Waals surface area contributed by atoms with Crippen LogP contribution in [0.1, 0.15) is 16.5 Å². The van der Waals surface area contributed by atoms with Crippen molar-refractivity contribution in [1.82, 2.24) is 4.98 Å². The summed E-state index contributed by atoms with van der Waals surface area (Å²) < 4.78 is 0.918. The van der Waals surface area contributed by atoms with Crippen molar-refractivity contribution in [2.75, 3.05) is 0 Å². The molecule has 14 heavy (non-hydrogen) atoms. The second-order valence-corrected chi connectivity index (χ2v) is 4.60. The average Bonchev–Trinajstić information content (AvgIpc) is 2.70. The van der Waals surface area contributed by atoms with E-state index in [1.165, 1.54) is 11.3 Å². The lowest BCUT2D eigenvalue weighted by atomic mass is 10.1. The van der Waals surface area contributed by atoms with Crippen molar-refractivity contribution in [3.8, 4) is 0 Å². The summed E-state index contributed by atoms with van der Waals surface area (Å²) in [6, 6.07) is 7.64. The summed E-state index contributed by atoms with van der Waals surface area (Å²) in [5, 5.41) is 10.0. The van der Waals surface area contributed by atoms with E-state index in [1.54, 1.807) is 11.7 Å². The highest BCUT2D eigenvalue weighted by molar-refractivity contribution is 9.10. The molecular formula is C10H8BrNOS. The Hall–Kier alpha value is -0.710. The number of thiazole rings is 1. The molecule has 1 aromatic carbocycles. The molecule has 0 radical (unpaired) electrons. The van der Waals surface area contributed by atoms with Gasteiger partial charge >= 0.3 is 0 Å². The Morgan fingerprint density at radius 1 is 1.36 bits per heavy atom. The standard InChI is InChI=1S/C10H8BrNOS/c11-8-4-2-1-3-7(8)10(13)9-5-12-6-14-9/h1-6,10,13H. The van der Waals surface area contributed by atoms with Crippen LogP contribution in [-0.4, -0.2) is 10.1 Å². The summed E-state index contributed by atoms with van der Waals surface area (Å²) in [5.41, 5.74) is 2.59. The number of aliphatic hydroxyl groups is 1. The summed E-state index contributed by atoms with van der Waals surface area (Å²) in [6.07, 6.45) is 1.10. The van der Waals surface area contributed by atoms with E-state index >= 15 is 0 Å². The summed E-state index contributed by atoms with van der Waals surface area (Å²) in [7, 11) is 0. The minimum Gasteiger partial charge on any atom is -0.383 e. The fraction of sp³-hybridized carbons (Fsp3) is 0.100. The fourth-order valence-corrected chi connectivity index (χ4v) is 2.33. The van der Waals surface area contributed by atoms with Crippen molar-refractivity contribution in [3.63, 3.8) is 0 Å². The predicted octanol–water partition coefficient (Wildman–Crippen LogP) is 2.99. The fourth-order valence-electron chi connectivity index (χ4n) is 1.21. The first kappa shape index (κ1) is 9.83. The van der Waals surface area contributed by atoms with E-state index in [4.69, 9.17) is 0 Å². The van der Waals surface area contributed by atoms with Crippen LogP contribution in [0.5, 0.6) is 0 Å². The molecule has 1 heterocycles. The minimum atomic E-state index is -0.585. The van der Waals surface area contributed by atoms with Gasteiger partial charge in [0.05, 0.1) is 10.4 Å². The van der Waals surface area contributed by atoms with Gasteiger partial charge in [0, 0.05) is 10.7 Å². The van der Waals surface area contributed by atoms with Crippen LogP contribution in [0.3, 0.4) is 0 Å². The zero-order chi connectivity index (χ0) is 9.97. The van der Waals surface area contributed by atoms with Gasteiger partial charge in [-0.25, -0.2) is 0 Å². The number of aliphatic hydroxyl groups excluding tert-OH is 1. The van der Waals surface area contributed by atoms with Crippen LogP contribution in [0.25, 0.3) is 0 Å². The SMILES string of the molecule is OC(c1cncs1)c1ccccc1Br. The average molecular weight is 270 g/mol. The highest BCUT2D eigenvalue weighted by atomic mass is 79.9. The second-order valence-electron chi connectivity index (χ2n) is 2.83. The molecule has 1 unspecified atom stereocenters. The van der Waals surface area contributed by atoms with E-state index in [2.05, 4.69) is 20.9 Å². The van der Waals surface area contributed by atoms with E-state index in [0.717, 1.165) is 14.9 Å². The first-order valence-corrected chi connectivity index (χ1v) is 5.77. The minimum absolute atomic E-state index is 0.585. The van der Waals surface area contributed by atoms with Gasteiger partial charge in [0.15, 0.2) is 0 Å². The summed E-state index contributed by atoms with van der Waals surface area (Å²) in [4.78, 5) is 4.80. The number of nitrogens with zero attached hydrogens (tertiary/aromatic N) is 1. The Kier molecular flexibility index (Phi) is 2.96. The quantitative estimate of drug-likeness (QED) is 0.910. The molecule has 0 saturated carbocycles. The molecule has 0 spiro atoms. The third-order valence-corrected chi connectivity index (χ3v) is 3.47. The van der Waals surface area contributed by atoms with Gasteiger partial charge in [0.25, 0.3) is 0 Å². The van der Waals surface area contributed by atoms with Crippen LogP contribution < -0.4 is 0 Å². The molecule has 0 bridgehead atoms. The molecule has 2 nitrogen and oxygen atoms in total. The molecule has 2 rings (SSSR count). The lowest BCUT2D eigenvalue weighted by Gasteiger charge is -2.09. The topological polar surface area (TPSA) is 33.1 Å². The molecule has 0 fully saturated rings. The van der Waals surface area contributed by atoms with E-state index in [9.17, 15) is 5.11 Å². The number of hydrogen-bond acceptors (Lipinski definition) is 3. The Balaban J connectivity index is 2.37. The van der Waals surface area contributed by atoms with Crippen LogP contribution in [0, 0.1) is 0 Å². The van der Waals surface area contributed by atoms with Crippen LogP contribution in [0.15, 0.2) is 40.4 Å². The number of rotatable bonds is 2. The van der Waals surface area contributed by atoms with Crippen molar-refractivity contribution in [1.29, 1.82) is 0 Å².